The van der Waals surface area contributed by atoms with Crippen LogP contribution in [-0.4, -0.2) is 10.1 Å². The Morgan fingerprint density at radius 1 is 1.04 bits per heavy atom. The number of alkyl halides is 3. The second-order valence-corrected chi connectivity index (χ2v) is 4.82. The van der Waals surface area contributed by atoms with Crippen LogP contribution in [0.1, 0.15) is 5.56 Å². The average Bonchev–Trinajstić information content (AvgIpc) is 2.93. The number of nitrogens with one attached hydrogen (secondary N) is 1. The quantitative estimate of drug-likeness (QED) is 0.709. The normalized spacial score (nSPS) is 11.6. The number of nitrogen functional groups attached to an aromatic ring is 1. The first-order valence-corrected chi connectivity index (χ1v) is 6.48. The molecule has 0 atom stereocenters. The average molecular weight is 321 g/mol. The molecule has 0 spiro atoms. The highest BCUT2D eigenvalue weighted by Crippen LogP contribution is 2.33. The number of nitrogens with two attached hydrogens (primary N) is 1. The highest BCUT2D eigenvalue weighted by molar-refractivity contribution is 5.78. The molecule has 23 heavy (non-hydrogen) atoms. The molecule has 0 unspecified atom stereocenters. The highest BCUT2D eigenvalue weighted by Gasteiger charge is 2.29. The summed E-state index contributed by atoms with van der Waals surface area (Å²) < 4.78 is 42.2. The van der Waals surface area contributed by atoms with Crippen molar-refractivity contribution in [1.29, 1.82) is 0 Å². The zero-order valence-electron chi connectivity index (χ0n) is 11.5. The number of aromatic amines is 1. The van der Waals surface area contributed by atoms with E-state index in [-0.39, 0.29) is 5.82 Å². The summed E-state index contributed by atoms with van der Waals surface area (Å²) >= 11 is 0. The molecule has 0 radical (unpaired) electrons. The number of aromatic nitrogens is 2. The zero-order chi connectivity index (χ0) is 16.6. The molecule has 0 saturated carbocycles. The maximum Gasteiger partial charge on any atom is 0.439 e. The van der Waals surface area contributed by atoms with Gasteiger partial charge in [0.15, 0.2) is 5.82 Å². The summed E-state index contributed by atoms with van der Waals surface area (Å²) in [7, 11) is 0. The summed E-state index contributed by atoms with van der Waals surface area (Å²) in [6.45, 7) is 0. The molecule has 8 heteroatoms. The molecule has 2 aromatic carbocycles. The first kappa shape index (κ1) is 14.9. The standard InChI is InChI=1S/C15H10F3N3O2/c16-15(17,18)10-4-1-8(2-5-10)9-3-6-12(19)11(7-9)13-20-14(22)23-21-13/h1-7H,19H2,(H,20,21,22). The molecule has 5 nitrogen and oxygen atoms in total. The summed E-state index contributed by atoms with van der Waals surface area (Å²) in [5.41, 5.74) is 7.10. The third-order valence-corrected chi connectivity index (χ3v) is 3.29. The molecule has 3 N–H and O–H groups in total. The molecule has 1 aromatic heterocycles. The van der Waals surface area contributed by atoms with Gasteiger partial charge in [-0.05, 0) is 35.4 Å². The third kappa shape index (κ3) is 2.96. The van der Waals surface area contributed by atoms with Crippen molar-refractivity contribution in [2.75, 3.05) is 5.73 Å². The van der Waals surface area contributed by atoms with Gasteiger partial charge in [0.2, 0.25) is 0 Å². The van der Waals surface area contributed by atoms with Crippen LogP contribution in [0.5, 0.6) is 0 Å². The third-order valence-electron chi connectivity index (χ3n) is 3.29. The predicted octanol–water partition coefficient (Wildman–Crippen LogP) is 3.30. The smallest absolute Gasteiger partial charge is 0.398 e. The van der Waals surface area contributed by atoms with Crippen LogP contribution in [0.4, 0.5) is 18.9 Å². The second kappa shape index (κ2) is 5.31. The van der Waals surface area contributed by atoms with Gasteiger partial charge in [-0.1, -0.05) is 23.4 Å². The Labute approximate surface area is 127 Å². The van der Waals surface area contributed by atoms with E-state index in [9.17, 15) is 18.0 Å². The van der Waals surface area contributed by atoms with Crippen LogP contribution in [0.2, 0.25) is 0 Å². The van der Waals surface area contributed by atoms with E-state index < -0.39 is 17.5 Å². The van der Waals surface area contributed by atoms with Gasteiger partial charge in [0.1, 0.15) is 0 Å². The summed E-state index contributed by atoms with van der Waals surface area (Å²) in [6.07, 6.45) is -4.38. The van der Waals surface area contributed by atoms with Gasteiger partial charge in [-0.2, -0.15) is 13.2 Å². The van der Waals surface area contributed by atoms with Crippen molar-refractivity contribution in [3.8, 4) is 22.5 Å². The molecule has 3 aromatic rings. The molecule has 3 rings (SSSR count). The van der Waals surface area contributed by atoms with E-state index in [2.05, 4.69) is 14.7 Å². The first-order chi connectivity index (χ1) is 10.8. The number of hydrogen-bond acceptors (Lipinski definition) is 4. The van der Waals surface area contributed by atoms with E-state index in [4.69, 9.17) is 5.73 Å². The molecular formula is C15H10F3N3O2. The number of rotatable bonds is 2. The highest BCUT2D eigenvalue weighted by atomic mass is 19.4. The Balaban J connectivity index is 2.02. The van der Waals surface area contributed by atoms with E-state index in [1.807, 2.05) is 0 Å². The lowest BCUT2D eigenvalue weighted by atomic mass is 10.0. The van der Waals surface area contributed by atoms with E-state index in [0.29, 0.717) is 22.4 Å². The van der Waals surface area contributed by atoms with Gasteiger partial charge >= 0.3 is 11.9 Å². The van der Waals surface area contributed by atoms with Crippen molar-refractivity contribution in [1.82, 2.24) is 10.1 Å². The van der Waals surface area contributed by atoms with E-state index >= 15 is 0 Å². The second-order valence-electron chi connectivity index (χ2n) is 4.82. The summed E-state index contributed by atoms with van der Waals surface area (Å²) in [5, 5.41) is 3.56. The molecule has 0 bridgehead atoms. The molecule has 0 amide bonds. The molecular weight excluding hydrogens is 311 g/mol. The summed E-state index contributed by atoms with van der Waals surface area (Å²) in [5.74, 6) is -0.569. The lowest BCUT2D eigenvalue weighted by Gasteiger charge is -2.09. The minimum atomic E-state index is -4.38. The molecule has 0 aliphatic carbocycles. The Hall–Kier alpha value is -3.03. The van der Waals surface area contributed by atoms with Crippen molar-refractivity contribution in [3.63, 3.8) is 0 Å². The minimum Gasteiger partial charge on any atom is -0.398 e. The maximum atomic E-state index is 12.6. The largest absolute Gasteiger partial charge is 0.439 e. The fraction of sp³-hybridized carbons (Fsp3) is 0.0667. The van der Waals surface area contributed by atoms with E-state index in [0.717, 1.165) is 12.1 Å². The van der Waals surface area contributed by atoms with Gasteiger partial charge in [-0.25, -0.2) is 4.79 Å². The van der Waals surface area contributed by atoms with Crippen LogP contribution in [0.25, 0.3) is 22.5 Å². The van der Waals surface area contributed by atoms with Crippen LogP contribution in [0, 0.1) is 0 Å². The van der Waals surface area contributed by atoms with Crippen LogP contribution in [0.15, 0.2) is 51.8 Å². The number of hydrogen-bond donors (Lipinski definition) is 2. The fourth-order valence-corrected chi connectivity index (χ4v) is 2.14. The van der Waals surface area contributed by atoms with Gasteiger partial charge in [0, 0.05) is 11.3 Å². The van der Waals surface area contributed by atoms with Gasteiger partial charge in [0.05, 0.1) is 5.56 Å². The van der Waals surface area contributed by atoms with Crippen LogP contribution >= 0.6 is 0 Å². The Morgan fingerprint density at radius 3 is 2.26 bits per heavy atom. The molecule has 0 fully saturated rings. The maximum absolute atomic E-state index is 12.6. The number of nitrogens with zero attached hydrogens (tertiary/aromatic N) is 1. The van der Waals surface area contributed by atoms with Crippen LogP contribution < -0.4 is 11.5 Å². The Morgan fingerprint density at radius 2 is 1.70 bits per heavy atom. The SMILES string of the molecule is Nc1ccc(-c2ccc(C(F)(F)F)cc2)cc1-c1noc(=O)[nH]1. The van der Waals surface area contributed by atoms with Crippen molar-refractivity contribution in [3.05, 3.63) is 58.6 Å². The van der Waals surface area contributed by atoms with Crippen molar-refractivity contribution < 1.29 is 17.7 Å². The predicted molar refractivity (Wildman–Crippen MR) is 77.4 cm³/mol. The Bertz CT molecular complexity index is 895. The number of anilines is 1. The van der Waals surface area contributed by atoms with Gasteiger partial charge in [-0.15, -0.1) is 0 Å². The fourth-order valence-electron chi connectivity index (χ4n) is 2.14. The lowest BCUT2D eigenvalue weighted by molar-refractivity contribution is -0.137. The molecule has 0 aliphatic heterocycles. The monoisotopic (exact) mass is 321 g/mol. The lowest BCUT2D eigenvalue weighted by Crippen LogP contribution is -2.04. The first-order valence-electron chi connectivity index (χ1n) is 6.48. The summed E-state index contributed by atoms with van der Waals surface area (Å²) in [6, 6.07) is 9.60. The van der Waals surface area contributed by atoms with E-state index in [1.165, 1.54) is 12.1 Å². The van der Waals surface area contributed by atoms with Crippen molar-refractivity contribution in [2.45, 2.75) is 6.18 Å². The van der Waals surface area contributed by atoms with Gasteiger partial charge in [0.25, 0.3) is 0 Å². The van der Waals surface area contributed by atoms with Crippen molar-refractivity contribution in [2.24, 2.45) is 0 Å². The molecule has 118 valence electrons. The van der Waals surface area contributed by atoms with Crippen LogP contribution in [0.3, 0.4) is 0 Å². The van der Waals surface area contributed by atoms with E-state index in [1.54, 1.807) is 18.2 Å². The molecule has 0 saturated heterocycles. The number of benzene rings is 2. The minimum absolute atomic E-state index is 0.154. The number of halogens is 3. The van der Waals surface area contributed by atoms with Gasteiger partial charge in [-0.3, -0.25) is 9.51 Å². The topological polar surface area (TPSA) is 84.9 Å². The van der Waals surface area contributed by atoms with Gasteiger partial charge < -0.3 is 5.73 Å². The molecule has 1 heterocycles. The Kier molecular flexibility index (Phi) is 3.44. The zero-order valence-corrected chi connectivity index (χ0v) is 11.5. The number of H-pyrrole nitrogens is 1. The summed E-state index contributed by atoms with van der Waals surface area (Å²) in [4.78, 5) is 13.4. The van der Waals surface area contributed by atoms with Crippen LogP contribution in [-0.2, 0) is 6.18 Å². The van der Waals surface area contributed by atoms with Crippen molar-refractivity contribution >= 4 is 5.69 Å². The molecule has 0 aliphatic rings.